The Hall–Kier alpha value is -2.04. The average molecular weight is 268 g/mol. The molecule has 0 aliphatic carbocycles. The fourth-order valence-corrected chi connectivity index (χ4v) is 2.47. The van der Waals surface area contributed by atoms with Crippen molar-refractivity contribution in [2.45, 2.75) is 6.10 Å². The smallest absolute Gasteiger partial charge is 0.116 e. The SMILES string of the molecule is OC(c1ccc(-c2ccccc2)cc1)c1cnns1. The van der Waals surface area contributed by atoms with E-state index in [2.05, 4.69) is 21.7 Å². The molecule has 1 unspecified atom stereocenters. The zero-order chi connectivity index (χ0) is 13.1. The molecule has 2 aromatic carbocycles. The molecule has 1 N–H and O–H groups in total. The van der Waals surface area contributed by atoms with Gasteiger partial charge >= 0.3 is 0 Å². The predicted octanol–water partition coefficient (Wildman–Crippen LogP) is 3.29. The summed E-state index contributed by atoms with van der Waals surface area (Å²) in [6.45, 7) is 0. The Kier molecular flexibility index (Phi) is 3.35. The van der Waals surface area contributed by atoms with E-state index in [0.717, 1.165) is 16.0 Å². The summed E-state index contributed by atoms with van der Waals surface area (Å²) in [7, 11) is 0. The van der Waals surface area contributed by atoms with E-state index >= 15 is 0 Å². The molecular weight excluding hydrogens is 256 g/mol. The van der Waals surface area contributed by atoms with Crippen molar-refractivity contribution in [1.29, 1.82) is 0 Å². The molecule has 4 heteroatoms. The molecule has 0 spiro atoms. The Bertz CT molecular complexity index is 636. The second-order valence-corrected chi connectivity index (χ2v) is 5.03. The monoisotopic (exact) mass is 268 g/mol. The van der Waals surface area contributed by atoms with Crippen LogP contribution in [0.15, 0.2) is 60.8 Å². The van der Waals surface area contributed by atoms with Gasteiger partial charge in [-0.1, -0.05) is 59.1 Å². The van der Waals surface area contributed by atoms with Gasteiger partial charge in [-0.15, -0.1) is 5.10 Å². The van der Waals surface area contributed by atoms with Gasteiger partial charge in [0, 0.05) is 0 Å². The first-order valence-corrected chi connectivity index (χ1v) is 6.72. The normalized spacial score (nSPS) is 12.3. The fourth-order valence-electron chi connectivity index (χ4n) is 1.95. The standard InChI is InChI=1S/C15H12N2OS/c18-15(14-10-16-17-19-14)13-8-6-12(7-9-13)11-4-2-1-3-5-11/h1-10,15,18H. The molecule has 0 bridgehead atoms. The third-order valence-electron chi connectivity index (χ3n) is 2.98. The predicted molar refractivity (Wildman–Crippen MR) is 75.8 cm³/mol. The van der Waals surface area contributed by atoms with Crippen molar-refractivity contribution in [2.75, 3.05) is 0 Å². The van der Waals surface area contributed by atoms with E-state index < -0.39 is 6.10 Å². The lowest BCUT2D eigenvalue weighted by Gasteiger charge is -2.09. The summed E-state index contributed by atoms with van der Waals surface area (Å²) in [5.41, 5.74) is 3.16. The Morgan fingerprint density at radius 3 is 2.21 bits per heavy atom. The molecule has 1 aromatic heterocycles. The molecule has 0 aliphatic heterocycles. The molecule has 1 heterocycles. The van der Waals surface area contributed by atoms with Gasteiger partial charge < -0.3 is 5.11 Å². The zero-order valence-electron chi connectivity index (χ0n) is 10.1. The fraction of sp³-hybridized carbons (Fsp3) is 0.0667. The van der Waals surface area contributed by atoms with Gasteiger partial charge in [0.1, 0.15) is 6.10 Å². The lowest BCUT2D eigenvalue weighted by molar-refractivity contribution is 0.224. The lowest BCUT2D eigenvalue weighted by atomic mass is 10.0. The highest BCUT2D eigenvalue weighted by Crippen LogP contribution is 2.26. The van der Waals surface area contributed by atoms with E-state index in [4.69, 9.17) is 0 Å². The van der Waals surface area contributed by atoms with Gasteiger partial charge in [-0.3, -0.25) is 0 Å². The number of aliphatic hydroxyl groups is 1. The molecule has 0 aliphatic rings. The molecule has 0 saturated heterocycles. The summed E-state index contributed by atoms with van der Waals surface area (Å²) in [5.74, 6) is 0. The second kappa shape index (κ2) is 5.30. The molecule has 0 radical (unpaired) electrons. The van der Waals surface area contributed by atoms with Crippen LogP contribution in [0.3, 0.4) is 0 Å². The van der Waals surface area contributed by atoms with Crippen LogP contribution in [-0.2, 0) is 0 Å². The molecule has 0 saturated carbocycles. The summed E-state index contributed by atoms with van der Waals surface area (Å²) in [5, 5.41) is 13.9. The number of hydrogen-bond acceptors (Lipinski definition) is 4. The van der Waals surface area contributed by atoms with E-state index in [-0.39, 0.29) is 0 Å². The Morgan fingerprint density at radius 1 is 0.895 bits per heavy atom. The largest absolute Gasteiger partial charge is 0.383 e. The van der Waals surface area contributed by atoms with Crippen molar-refractivity contribution in [2.24, 2.45) is 0 Å². The van der Waals surface area contributed by atoms with Gasteiger partial charge in [0.2, 0.25) is 0 Å². The average Bonchev–Trinajstić information content (AvgIpc) is 3.02. The van der Waals surface area contributed by atoms with Crippen LogP contribution in [0.25, 0.3) is 11.1 Å². The van der Waals surface area contributed by atoms with Crippen molar-refractivity contribution in [3.8, 4) is 11.1 Å². The third-order valence-corrected chi connectivity index (χ3v) is 3.70. The molecule has 0 fully saturated rings. The lowest BCUT2D eigenvalue weighted by Crippen LogP contribution is -1.96. The highest BCUT2D eigenvalue weighted by Gasteiger charge is 2.12. The summed E-state index contributed by atoms with van der Waals surface area (Å²) in [4.78, 5) is 0.757. The molecule has 1 atom stereocenters. The molecule has 3 rings (SSSR count). The number of hydrogen-bond donors (Lipinski definition) is 1. The Labute approximate surface area is 115 Å². The van der Waals surface area contributed by atoms with Gasteiger partial charge in [0.15, 0.2) is 0 Å². The molecule has 3 nitrogen and oxygen atoms in total. The minimum Gasteiger partial charge on any atom is -0.383 e. The van der Waals surface area contributed by atoms with E-state index in [9.17, 15) is 5.11 Å². The van der Waals surface area contributed by atoms with Crippen LogP contribution >= 0.6 is 11.5 Å². The summed E-state index contributed by atoms with van der Waals surface area (Å²) in [6.07, 6.45) is 0.949. The number of aliphatic hydroxyl groups excluding tert-OH is 1. The number of nitrogens with zero attached hydrogens (tertiary/aromatic N) is 2. The Morgan fingerprint density at radius 2 is 1.58 bits per heavy atom. The quantitative estimate of drug-likeness (QED) is 0.793. The van der Waals surface area contributed by atoms with Crippen molar-refractivity contribution in [1.82, 2.24) is 9.59 Å². The van der Waals surface area contributed by atoms with E-state index in [1.807, 2.05) is 42.5 Å². The maximum absolute atomic E-state index is 10.2. The van der Waals surface area contributed by atoms with Crippen LogP contribution < -0.4 is 0 Å². The second-order valence-electron chi connectivity index (χ2n) is 4.21. The maximum atomic E-state index is 10.2. The highest BCUT2D eigenvalue weighted by atomic mass is 32.1. The van der Waals surface area contributed by atoms with Gasteiger partial charge in [-0.25, -0.2) is 0 Å². The molecule has 3 aromatic rings. The first-order valence-electron chi connectivity index (χ1n) is 5.95. The minimum absolute atomic E-state index is 0.648. The van der Waals surface area contributed by atoms with Crippen LogP contribution in [-0.4, -0.2) is 14.7 Å². The molecule has 94 valence electrons. The highest BCUT2D eigenvalue weighted by molar-refractivity contribution is 7.05. The maximum Gasteiger partial charge on any atom is 0.116 e. The first kappa shape index (κ1) is 12.0. The van der Waals surface area contributed by atoms with E-state index in [1.54, 1.807) is 6.20 Å². The topological polar surface area (TPSA) is 46.0 Å². The first-order chi connectivity index (χ1) is 9.34. The van der Waals surface area contributed by atoms with Gasteiger partial charge in [0.05, 0.1) is 11.1 Å². The molecular formula is C15H12N2OS. The van der Waals surface area contributed by atoms with Gasteiger partial charge in [0.25, 0.3) is 0 Å². The van der Waals surface area contributed by atoms with Crippen LogP contribution in [0.1, 0.15) is 16.5 Å². The van der Waals surface area contributed by atoms with Crippen molar-refractivity contribution >= 4 is 11.5 Å². The van der Waals surface area contributed by atoms with Crippen LogP contribution in [0.5, 0.6) is 0 Å². The Balaban J connectivity index is 1.87. The van der Waals surface area contributed by atoms with Gasteiger partial charge in [-0.05, 0) is 28.2 Å². The van der Waals surface area contributed by atoms with Crippen LogP contribution in [0, 0.1) is 0 Å². The van der Waals surface area contributed by atoms with Crippen molar-refractivity contribution < 1.29 is 5.11 Å². The summed E-state index contributed by atoms with van der Waals surface area (Å²) in [6, 6.07) is 18.1. The van der Waals surface area contributed by atoms with Gasteiger partial charge in [-0.2, -0.15) is 0 Å². The van der Waals surface area contributed by atoms with E-state index in [1.165, 1.54) is 17.1 Å². The number of rotatable bonds is 3. The molecule has 19 heavy (non-hydrogen) atoms. The van der Waals surface area contributed by atoms with Crippen molar-refractivity contribution in [3.05, 3.63) is 71.2 Å². The van der Waals surface area contributed by atoms with Crippen molar-refractivity contribution in [3.63, 3.8) is 0 Å². The zero-order valence-corrected chi connectivity index (χ0v) is 10.9. The molecule has 0 amide bonds. The minimum atomic E-state index is -0.648. The van der Waals surface area contributed by atoms with Crippen LogP contribution in [0.4, 0.5) is 0 Å². The summed E-state index contributed by atoms with van der Waals surface area (Å²) >= 11 is 1.22. The van der Waals surface area contributed by atoms with Crippen LogP contribution in [0.2, 0.25) is 0 Å². The van der Waals surface area contributed by atoms with E-state index in [0.29, 0.717) is 0 Å². The number of benzene rings is 2. The summed E-state index contributed by atoms with van der Waals surface area (Å²) < 4.78 is 3.77. The third kappa shape index (κ3) is 2.54. The number of aromatic nitrogens is 2.